The second kappa shape index (κ2) is 7.33. The summed E-state index contributed by atoms with van der Waals surface area (Å²) in [7, 11) is 2.01. The molecule has 1 aromatic carbocycles. The number of carboxylic acid groups (broad SMARTS) is 1. The average molecular weight is 365 g/mol. The predicted molar refractivity (Wildman–Crippen MR) is 92.4 cm³/mol. The number of benzene rings is 1. The molecule has 1 aliphatic rings. The van der Waals surface area contributed by atoms with Crippen LogP contribution in [0.25, 0.3) is 0 Å². The first-order valence-corrected chi connectivity index (χ1v) is 8.28. The van der Waals surface area contributed by atoms with Gasteiger partial charge in [0.25, 0.3) is 0 Å². The summed E-state index contributed by atoms with van der Waals surface area (Å²) in [6.45, 7) is 1.53. The predicted octanol–water partition coefficient (Wildman–Crippen LogP) is 3.07. The van der Waals surface area contributed by atoms with Crippen LogP contribution in [-0.4, -0.2) is 46.1 Å². The summed E-state index contributed by atoms with van der Waals surface area (Å²) < 4.78 is 13.8. The number of carbonyl (C=O) groups is 1. The first-order chi connectivity index (χ1) is 12.0. The van der Waals surface area contributed by atoms with Crippen LogP contribution < -0.4 is 5.32 Å². The van der Waals surface area contributed by atoms with Crippen molar-refractivity contribution in [2.75, 3.05) is 25.5 Å². The number of carboxylic acids is 1. The molecule has 1 fully saturated rings. The van der Waals surface area contributed by atoms with E-state index in [1.54, 1.807) is 6.07 Å². The smallest absolute Gasteiger partial charge is 0.356 e. The van der Waals surface area contributed by atoms with E-state index >= 15 is 0 Å². The fourth-order valence-corrected chi connectivity index (χ4v) is 3.35. The highest BCUT2D eigenvalue weighted by atomic mass is 35.5. The van der Waals surface area contributed by atoms with Gasteiger partial charge in [0.2, 0.25) is 0 Å². The Labute approximate surface area is 149 Å². The second-order valence-corrected chi connectivity index (χ2v) is 6.53. The summed E-state index contributed by atoms with van der Waals surface area (Å²) in [4.78, 5) is 20.9. The molecule has 0 saturated carbocycles. The standard InChI is InChI=1S/C17H18ClFN4O2/c1-23-5-4-11(16(23)10-2-3-12(18)13(19)6-10)7-21-15-9-20-14(8-22-15)17(24)25/h2-3,6,8-9,11,16H,4-5,7H2,1H3,(H,21,22)(H,24,25). The minimum Gasteiger partial charge on any atom is -0.476 e. The summed E-state index contributed by atoms with van der Waals surface area (Å²) in [6, 6.07) is 5.00. The van der Waals surface area contributed by atoms with Gasteiger partial charge in [0, 0.05) is 12.6 Å². The average Bonchev–Trinajstić information content (AvgIpc) is 2.96. The molecule has 0 aliphatic carbocycles. The van der Waals surface area contributed by atoms with E-state index in [1.165, 1.54) is 18.5 Å². The highest BCUT2D eigenvalue weighted by Crippen LogP contribution is 2.37. The van der Waals surface area contributed by atoms with Crippen molar-refractivity contribution in [3.05, 3.63) is 52.7 Å². The van der Waals surface area contributed by atoms with E-state index in [0.29, 0.717) is 12.4 Å². The van der Waals surface area contributed by atoms with E-state index in [9.17, 15) is 9.18 Å². The maximum Gasteiger partial charge on any atom is 0.356 e. The van der Waals surface area contributed by atoms with Gasteiger partial charge < -0.3 is 10.4 Å². The topological polar surface area (TPSA) is 78.4 Å². The summed E-state index contributed by atoms with van der Waals surface area (Å²) >= 11 is 5.78. The zero-order valence-corrected chi connectivity index (χ0v) is 14.4. The lowest BCUT2D eigenvalue weighted by Gasteiger charge is -2.26. The Morgan fingerprint density at radius 2 is 2.24 bits per heavy atom. The number of likely N-dealkylation sites (tertiary alicyclic amines) is 1. The lowest BCUT2D eigenvalue weighted by atomic mass is 9.93. The number of hydrogen-bond acceptors (Lipinski definition) is 5. The Morgan fingerprint density at radius 3 is 2.88 bits per heavy atom. The van der Waals surface area contributed by atoms with Gasteiger partial charge in [-0.2, -0.15) is 0 Å². The minimum absolute atomic E-state index is 0.0746. The van der Waals surface area contributed by atoms with Crippen molar-refractivity contribution in [1.29, 1.82) is 0 Å². The minimum atomic E-state index is -1.11. The Kier molecular flexibility index (Phi) is 5.15. The van der Waals surface area contributed by atoms with Crippen molar-refractivity contribution < 1.29 is 14.3 Å². The van der Waals surface area contributed by atoms with Crippen LogP contribution in [0.1, 0.15) is 28.5 Å². The normalized spacial score (nSPS) is 20.6. The first kappa shape index (κ1) is 17.6. The molecule has 8 heteroatoms. The van der Waals surface area contributed by atoms with Crippen molar-refractivity contribution in [3.8, 4) is 0 Å². The van der Waals surface area contributed by atoms with Crippen LogP contribution in [-0.2, 0) is 0 Å². The van der Waals surface area contributed by atoms with Crippen LogP contribution in [0, 0.1) is 11.7 Å². The van der Waals surface area contributed by atoms with Crippen molar-refractivity contribution in [2.24, 2.45) is 5.92 Å². The van der Waals surface area contributed by atoms with E-state index in [4.69, 9.17) is 16.7 Å². The van der Waals surface area contributed by atoms with E-state index < -0.39 is 11.8 Å². The van der Waals surface area contributed by atoms with E-state index in [0.717, 1.165) is 18.5 Å². The van der Waals surface area contributed by atoms with Gasteiger partial charge >= 0.3 is 5.97 Å². The summed E-state index contributed by atoms with van der Waals surface area (Å²) in [5.41, 5.74) is 0.793. The van der Waals surface area contributed by atoms with Gasteiger partial charge in [0.05, 0.1) is 17.4 Å². The van der Waals surface area contributed by atoms with Crippen LogP contribution in [0.2, 0.25) is 5.02 Å². The second-order valence-electron chi connectivity index (χ2n) is 6.12. The third-order valence-corrected chi connectivity index (χ3v) is 4.78. The molecule has 3 rings (SSSR count). The number of aromatic carboxylic acids is 1. The molecular weight excluding hydrogens is 347 g/mol. The van der Waals surface area contributed by atoms with Gasteiger partial charge in [-0.25, -0.2) is 19.2 Å². The molecule has 0 bridgehead atoms. The van der Waals surface area contributed by atoms with Crippen LogP contribution in [0.4, 0.5) is 10.2 Å². The van der Waals surface area contributed by atoms with Gasteiger partial charge in [0.15, 0.2) is 5.69 Å². The number of aromatic nitrogens is 2. The number of halogens is 2. The molecule has 2 atom stereocenters. The molecule has 1 aromatic heterocycles. The maximum absolute atomic E-state index is 13.8. The molecule has 1 saturated heterocycles. The Balaban J connectivity index is 1.70. The van der Waals surface area contributed by atoms with Crippen LogP contribution >= 0.6 is 11.6 Å². The lowest BCUT2D eigenvalue weighted by Crippen LogP contribution is -2.25. The number of rotatable bonds is 5. The lowest BCUT2D eigenvalue weighted by molar-refractivity contribution is 0.0690. The SMILES string of the molecule is CN1CCC(CNc2cnc(C(=O)O)cn2)C1c1ccc(Cl)c(F)c1. The Hall–Kier alpha value is -2.25. The zero-order chi connectivity index (χ0) is 18.0. The van der Waals surface area contributed by atoms with Gasteiger partial charge in [-0.3, -0.25) is 4.90 Å². The van der Waals surface area contributed by atoms with Crippen molar-refractivity contribution in [1.82, 2.24) is 14.9 Å². The third kappa shape index (κ3) is 3.88. The highest BCUT2D eigenvalue weighted by molar-refractivity contribution is 6.30. The molecule has 0 amide bonds. The van der Waals surface area contributed by atoms with Gasteiger partial charge in [-0.1, -0.05) is 17.7 Å². The summed E-state index contributed by atoms with van der Waals surface area (Å²) in [6.07, 6.45) is 3.58. The molecule has 0 spiro atoms. The number of anilines is 1. The highest BCUT2D eigenvalue weighted by Gasteiger charge is 2.33. The van der Waals surface area contributed by atoms with Crippen LogP contribution in [0.3, 0.4) is 0 Å². The van der Waals surface area contributed by atoms with E-state index in [-0.39, 0.29) is 22.7 Å². The molecule has 2 N–H and O–H groups in total. The van der Waals surface area contributed by atoms with Gasteiger partial charge in [0.1, 0.15) is 11.6 Å². The van der Waals surface area contributed by atoms with Gasteiger partial charge in [-0.05, 0) is 43.6 Å². The fraction of sp³-hybridized carbons (Fsp3) is 0.353. The number of hydrogen-bond donors (Lipinski definition) is 2. The molecule has 25 heavy (non-hydrogen) atoms. The van der Waals surface area contributed by atoms with Crippen LogP contribution in [0.15, 0.2) is 30.6 Å². The first-order valence-electron chi connectivity index (χ1n) is 7.90. The Morgan fingerprint density at radius 1 is 1.44 bits per heavy atom. The molecule has 1 aliphatic heterocycles. The number of nitrogens with zero attached hydrogens (tertiary/aromatic N) is 3. The summed E-state index contributed by atoms with van der Waals surface area (Å²) in [5.74, 6) is -0.755. The molecule has 2 heterocycles. The van der Waals surface area contributed by atoms with Crippen molar-refractivity contribution in [2.45, 2.75) is 12.5 Å². The maximum atomic E-state index is 13.8. The summed E-state index contributed by atoms with van der Waals surface area (Å²) in [5, 5.41) is 12.1. The quantitative estimate of drug-likeness (QED) is 0.849. The van der Waals surface area contributed by atoms with E-state index in [2.05, 4.69) is 20.2 Å². The van der Waals surface area contributed by atoms with Crippen molar-refractivity contribution >= 4 is 23.4 Å². The molecular formula is C17H18ClFN4O2. The molecule has 2 aromatic rings. The Bertz CT molecular complexity index is 772. The molecule has 6 nitrogen and oxygen atoms in total. The third-order valence-electron chi connectivity index (χ3n) is 4.48. The van der Waals surface area contributed by atoms with Crippen molar-refractivity contribution in [3.63, 3.8) is 0 Å². The monoisotopic (exact) mass is 364 g/mol. The van der Waals surface area contributed by atoms with E-state index in [1.807, 2.05) is 13.1 Å². The molecule has 132 valence electrons. The largest absolute Gasteiger partial charge is 0.476 e. The fourth-order valence-electron chi connectivity index (χ4n) is 3.23. The molecule has 2 unspecified atom stereocenters. The van der Waals surface area contributed by atoms with Crippen LogP contribution in [0.5, 0.6) is 0 Å². The zero-order valence-electron chi connectivity index (χ0n) is 13.6. The van der Waals surface area contributed by atoms with Gasteiger partial charge in [-0.15, -0.1) is 0 Å². The molecule has 0 radical (unpaired) electrons. The number of nitrogens with one attached hydrogen (secondary N) is 1.